The largest absolute Gasteiger partial charge is 0.469 e. The molecule has 0 radical (unpaired) electrons. The summed E-state index contributed by atoms with van der Waals surface area (Å²) in [5, 5.41) is 6.04. The molecule has 2 amide bonds. The number of hydrogen-bond donors (Lipinski definition) is 2. The van der Waals surface area contributed by atoms with Crippen LogP contribution < -0.4 is 16.3 Å². The number of halogens is 1. The first-order chi connectivity index (χ1) is 14.4. The van der Waals surface area contributed by atoms with E-state index in [1.165, 1.54) is 25.3 Å². The summed E-state index contributed by atoms with van der Waals surface area (Å²) in [6, 6.07) is 11.6. The predicted molar refractivity (Wildman–Crippen MR) is 110 cm³/mol. The molecule has 1 atom stereocenters. The fourth-order valence-corrected chi connectivity index (χ4v) is 3.10. The van der Waals surface area contributed by atoms with Crippen LogP contribution in [0.3, 0.4) is 0 Å². The summed E-state index contributed by atoms with van der Waals surface area (Å²) in [6.07, 6.45) is 0.285. The molecule has 2 N–H and O–H groups in total. The molecule has 0 aliphatic carbocycles. The minimum atomic E-state index is -0.636. The highest BCUT2D eigenvalue weighted by Gasteiger charge is 2.21. The van der Waals surface area contributed by atoms with Gasteiger partial charge in [-0.1, -0.05) is 12.1 Å². The number of hydrogen-bond acceptors (Lipinski definition) is 5. The van der Waals surface area contributed by atoms with Crippen molar-refractivity contribution in [2.45, 2.75) is 13.3 Å². The lowest BCUT2D eigenvalue weighted by Crippen LogP contribution is -2.37. The Morgan fingerprint density at radius 2 is 1.87 bits per heavy atom. The van der Waals surface area contributed by atoms with E-state index in [2.05, 4.69) is 10.6 Å². The van der Waals surface area contributed by atoms with Crippen LogP contribution in [0.1, 0.15) is 11.1 Å². The number of nitrogens with one attached hydrogen (secondary N) is 2. The predicted octanol–water partition coefficient (Wildman–Crippen LogP) is 3.39. The number of esters is 1. The molecule has 3 rings (SSSR count). The van der Waals surface area contributed by atoms with Gasteiger partial charge in [-0.25, -0.2) is 14.0 Å². The quantitative estimate of drug-likeness (QED) is 0.478. The van der Waals surface area contributed by atoms with E-state index in [1.54, 1.807) is 37.3 Å². The number of anilines is 1. The maximum Gasteiger partial charge on any atom is 0.336 e. The molecule has 0 fully saturated rings. The number of benzene rings is 2. The molecular formula is C22H21FN2O5. The number of amides is 2. The Bertz CT molecular complexity index is 1120. The van der Waals surface area contributed by atoms with Gasteiger partial charge in [0.1, 0.15) is 11.4 Å². The number of urea groups is 1. The molecule has 2 aromatic carbocycles. The zero-order chi connectivity index (χ0) is 21.7. The zero-order valence-corrected chi connectivity index (χ0v) is 16.5. The van der Waals surface area contributed by atoms with Gasteiger partial charge in [0.2, 0.25) is 0 Å². The second-order valence-electron chi connectivity index (χ2n) is 6.85. The first-order valence-corrected chi connectivity index (χ1v) is 9.27. The average molecular weight is 412 g/mol. The van der Waals surface area contributed by atoms with Crippen molar-refractivity contribution in [1.29, 1.82) is 0 Å². The molecule has 0 aliphatic heterocycles. The topological polar surface area (TPSA) is 97.6 Å². The van der Waals surface area contributed by atoms with Crippen LogP contribution in [0.25, 0.3) is 11.0 Å². The third-order valence-corrected chi connectivity index (χ3v) is 4.65. The summed E-state index contributed by atoms with van der Waals surface area (Å²) in [5.74, 6) is -1.49. The second-order valence-corrected chi connectivity index (χ2v) is 6.85. The molecule has 0 saturated heterocycles. The van der Waals surface area contributed by atoms with E-state index >= 15 is 0 Å². The Labute approximate surface area is 171 Å². The van der Waals surface area contributed by atoms with Crippen LogP contribution in [0.4, 0.5) is 14.9 Å². The van der Waals surface area contributed by atoms with E-state index in [0.717, 1.165) is 16.5 Å². The smallest absolute Gasteiger partial charge is 0.336 e. The number of rotatable bonds is 6. The van der Waals surface area contributed by atoms with Crippen LogP contribution in [-0.4, -0.2) is 25.7 Å². The van der Waals surface area contributed by atoms with Crippen molar-refractivity contribution in [3.05, 3.63) is 75.9 Å². The van der Waals surface area contributed by atoms with E-state index in [4.69, 9.17) is 9.15 Å². The number of ether oxygens (including phenoxy) is 1. The summed E-state index contributed by atoms with van der Waals surface area (Å²) in [4.78, 5) is 35.9. The van der Waals surface area contributed by atoms with E-state index in [1.807, 2.05) is 0 Å². The molecular weight excluding hydrogens is 391 g/mol. The third kappa shape index (κ3) is 5.22. The zero-order valence-electron chi connectivity index (χ0n) is 16.5. The van der Waals surface area contributed by atoms with Crippen molar-refractivity contribution in [3.8, 4) is 0 Å². The van der Waals surface area contributed by atoms with Gasteiger partial charge in [0, 0.05) is 29.8 Å². The van der Waals surface area contributed by atoms with E-state index in [0.29, 0.717) is 11.3 Å². The summed E-state index contributed by atoms with van der Waals surface area (Å²) in [6.45, 7) is 1.82. The van der Waals surface area contributed by atoms with Crippen molar-refractivity contribution in [3.63, 3.8) is 0 Å². The number of fused-ring (bicyclic) bond motifs is 1. The molecule has 1 unspecified atom stereocenters. The summed E-state index contributed by atoms with van der Waals surface area (Å²) >= 11 is 0. The monoisotopic (exact) mass is 412 g/mol. The summed E-state index contributed by atoms with van der Waals surface area (Å²) in [7, 11) is 1.27. The van der Waals surface area contributed by atoms with Gasteiger partial charge in [0.05, 0.1) is 13.0 Å². The van der Waals surface area contributed by atoms with Gasteiger partial charge in [-0.05, 0) is 48.7 Å². The number of carbonyl (C=O) groups is 2. The maximum absolute atomic E-state index is 13.1. The molecule has 30 heavy (non-hydrogen) atoms. The van der Waals surface area contributed by atoms with Crippen molar-refractivity contribution < 1.29 is 23.1 Å². The van der Waals surface area contributed by atoms with Gasteiger partial charge in [0.15, 0.2) is 0 Å². The highest BCUT2D eigenvalue weighted by atomic mass is 19.1. The van der Waals surface area contributed by atoms with Gasteiger partial charge in [0.25, 0.3) is 0 Å². The van der Waals surface area contributed by atoms with Crippen molar-refractivity contribution in [1.82, 2.24) is 5.32 Å². The maximum atomic E-state index is 13.1. The van der Waals surface area contributed by atoms with E-state index in [9.17, 15) is 18.8 Å². The molecule has 0 spiro atoms. The average Bonchev–Trinajstić information content (AvgIpc) is 2.71. The Hall–Kier alpha value is -3.68. The van der Waals surface area contributed by atoms with Gasteiger partial charge < -0.3 is 19.8 Å². The SMILES string of the molecule is COC(=O)C(CNC(=O)Nc1ccc2c(C)cc(=O)oc2c1)Cc1ccc(F)cc1. The van der Waals surface area contributed by atoms with Crippen LogP contribution >= 0.6 is 0 Å². The highest BCUT2D eigenvalue weighted by molar-refractivity contribution is 5.92. The minimum absolute atomic E-state index is 0.0255. The van der Waals surface area contributed by atoms with E-state index < -0.39 is 23.5 Å². The van der Waals surface area contributed by atoms with Gasteiger partial charge in [-0.2, -0.15) is 0 Å². The Kier molecular flexibility index (Phi) is 6.46. The Balaban J connectivity index is 1.65. The minimum Gasteiger partial charge on any atom is -0.469 e. The first-order valence-electron chi connectivity index (χ1n) is 9.27. The number of carbonyl (C=O) groups excluding carboxylic acids is 2. The lowest BCUT2D eigenvalue weighted by Gasteiger charge is -2.16. The van der Waals surface area contributed by atoms with Crippen LogP contribution in [-0.2, 0) is 16.0 Å². The fraction of sp³-hybridized carbons (Fsp3) is 0.227. The third-order valence-electron chi connectivity index (χ3n) is 4.65. The fourth-order valence-electron chi connectivity index (χ4n) is 3.10. The summed E-state index contributed by atoms with van der Waals surface area (Å²) < 4.78 is 23.0. The van der Waals surface area contributed by atoms with Crippen molar-refractivity contribution in [2.24, 2.45) is 5.92 Å². The highest BCUT2D eigenvalue weighted by Crippen LogP contribution is 2.20. The van der Waals surface area contributed by atoms with Gasteiger partial charge in [-0.3, -0.25) is 4.79 Å². The van der Waals surface area contributed by atoms with Crippen LogP contribution in [0.2, 0.25) is 0 Å². The molecule has 0 saturated carbocycles. The van der Waals surface area contributed by atoms with E-state index in [-0.39, 0.29) is 18.8 Å². The van der Waals surface area contributed by atoms with Crippen molar-refractivity contribution >= 4 is 28.7 Å². The molecule has 0 bridgehead atoms. The lowest BCUT2D eigenvalue weighted by atomic mass is 9.99. The van der Waals surface area contributed by atoms with Crippen molar-refractivity contribution in [2.75, 3.05) is 19.0 Å². The van der Waals surface area contributed by atoms with Gasteiger partial charge >= 0.3 is 17.6 Å². The molecule has 156 valence electrons. The number of methoxy groups -OCH3 is 1. The molecule has 0 aliphatic rings. The van der Waals surface area contributed by atoms with Crippen LogP contribution in [0, 0.1) is 18.7 Å². The number of aryl methyl sites for hydroxylation is 1. The molecule has 7 nitrogen and oxygen atoms in total. The normalized spacial score (nSPS) is 11.7. The van der Waals surface area contributed by atoms with Crippen LogP contribution in [0.5, 0.6) is 0 Å². The molecule has 1 heterocycles. The van der Waals surface area contributed by atoms with Gasteiger partial charge in [-0.15, -0.1) is 0 Å². The molecule has 3 aromatic rings. The first kappa shape index (κ1) is 21.0. The van der Waals surface area contributed by atoms with Crippen LogP contribution in [0.15, 0.2) is 57.7 Å². The molecule has 1 aromatic heterocycles. The summed E-state index contributed by atoms with van der Waals surface area (Å²) in [5.41, 5.74) is 1.85. The Morgan fingerprint density at radius 1 is 1.13 bits per heavy atom. The standard InChI is InChI=1S/C22H21FN2O5/c1-13-9-20(26)30-19-11-17(7-8-18(13)19)25-22(28)24-12-15(21(27)29-2)10-14-3-5-16(23)6-4-14/h3-9,11,15H,10,12H2,1-2H3,(H2,24,25,28). The lowest BCUT2D eigenvalue weighted by molar-refractivity contribution is -0.145. The Morgan fingerprint density at radius 3 is 2.57 bits per heavy atom. The molecule has 8 heteroatoms. The second kappa shape index (κ2) is 9.21.